The van der Waals surface area contributed by atoms with Crippen LogP contribution in [0.2, 0.25) is 0 Å². The van der Waals surface area contributed by atoms with Crippen molar-refractivity contribution in [3.05, 3.63) is 35.9 Å². The molecule has 18 heavy (non-hydrogen) atoms. The predicted octanol–water partition coefficient (Wildman–Crippen LogP) is 1.67. The third-order valence-corrected chi connectivity index (χ3v) is 3.63. The number of hydrogen-bond donors (Lipinski definition) is 1. The Labute approximate surface area is 110 Å². The average Bonchev–Trinajstić information content (AvgIpc) is 2.40. The van der Waals surface area contributed by atoms with Gasteiger partial charge in [-0.1, -0.05) is 37.3 Å². The van der Waals surface area contributed by atoms with E-state index in [-0.39, 0.29) is 6.04 Å². The van der Waals surface area contributed by atoms with Gasteiger partial charge in [0.1, 0.15) is 0 Å². The molecule has 2 atom stereocenters. The Bertz CT molecular complexity index is 342. The standard InChI is InChI=1S/C15H24N2O/c1-2-15-12-18-9-8-17(15)11-14(16)10-13-6-4-3-5-7-13/h3-7,14-15H,2,8-12,16H2,1H3. The van der Waals surface area contributed by atoms with Crippen LogP contribution in [0.5, 0.6) is 0 Å². The molecule has 2 N–H and O–H groups in total. The highest BCUT2D eigenvalue weighted by atomic mass is 16.5. The van der Waals surface area contributed by atoms with E-state index in [0.717, 1.165) is 39.1 Å². The van der Waals surface area contributed by atoms with Gasteiger partial charge >= 0.3 is 0 Å². The summed E-state index contributed by atoms with van der Waals surface area (Å²) in [6, 6.07) is 11.2. The molecule has 0 aromatic heterocycles. The van der Waals surface area contributed by atoms with Gasteiger partial charge in [-0.05, 0) is 18.4 Å². The summed E-state index contributed by atoms with van der Waals surface area (Å²) in [5.74, 6) is 0. The smallest absolute Gasteiger partial charge is 0.0622 e. The Hall–Kier alpha value is -0.900. The first-order valence-electron chi connectivity index (χ1n) is 6.91. The number of rotatable bonds is 5. The van der Waals surface area contributed by atoms with Crippen LogP contribution in [0.15, 0.2) is 30.3 Å². The lowest BCUT2D eigenvalue weighted by atomic mass is 10.0. The van der Waals surface area contributed by atoms with Gasteiger partial charge in [0, 0.05) is 25.2 Å². The minimum Gasteiger partial charge on any atom is -0.378 e. The van der Waals surface area contributed by atoms with E-state index in [9.17, 15) is 0 Å². The van der Waals surface area contributed by atoms with E-state index in [1.54, 1.807) is 0 Å². The number of benzene rings is 1. The first kappa shape index (κ1) is 13.5. The van der Waals surface area contributed by atoms with Crippen LogP contribution >= 0.6 is 0 Å². The monoisotopic (exact) mass is 248 g/mol. The van der Waals surface area contributed by atoms with Crippen LogP contribution in [0.4, 0.5) is 0 Å². The maximum Gasteiger partial charge on any atom is 0.0622 e. The third kappa shape index (κ3) is 3.80. The van der Waals surface area contributed by atoms with E-state index in [2.05, 4.69) is 36.1 Å². The van der Waals surface area contributed by atoms with Crippen molar-refractivity contribution in [1.29, 1.82) is 0 Å². The highest BCUT2D eigenvalue weighted by Crippen LogP contribution is 2.11. The molecular weight excluding hydrogens is 224 g/mol. The van der Waals surface area contributed by atoms with Crippen LogP contribution in [-0.2, 0) is 11.2 Å². The molecule has 1 aromatic carbocycles. The number of nitrogens with two attached hydrogens (primary N) is 1. The fourth-order valence-electron chi connectivity index (χ4n) is 2.59. The molecule has 0 bridgehead atoms. The van der Waals surface area contributed by atoms with Crippen LogP contribution in [0, 0.1) is 0 Å². The average molecular weight is 248 g/mol. The molecule has 1 aromatic rings. The van der Waals surface area contributed by atoms with Gasteiger partial charge in [0.2, 0.25) is 0 Å². The Morgan fingerprint density at radius 1 is 1.39 bits per heavy atom. The predicted molar refractivity (Wildman–Crippen MR) is 74.6 cm³/mol. The molecule has 0 spiro atoms. The minimum atomic E-state index is 0.208. The SMILES string of the molecule is CCC1COCCN1CC(N)Cc1ccccc1. The lowest BCUT2D eigenvalue weighted by molar-refractivity contribution is -0.0109. The van der Waals surface area contributed by atoms with Gasteiger partial charge in [0.15, 0.2) is 0 Å². The van der Waals surface area contributed by atoms with Crippen molar-refractivity contribution in [2.75, 3.05) is 26.3 Å². The number of ether oxygens (including phenoxy) is 1. The van der Waals surface area contributed by atoms with E-state index >= 15 is 0 Å². The van der Waals surface area contributed by atoms with Crippen LogP contribution in [0.25, 0.3) is 0 Å². The molecule has 1 saturated heterocycles. The Kier molecular flexibility index (Phi) is 5.17. The summed E-state index contributed by atoms with van der Waals surface area (Å²) >= 11 is 0. The van der Waals surface area contributed by atoms with Crippen molar-refractivity contribution < 1.29 is 4.74 Å². The highest BCUT2D eigenvalue weighted by molar-refractivity contribution is 5.15. The van der Waals surface area contributed by atoms with Gasteiger partial charge in [0.05, 0.1) is 13.2 Å². The normalized spacial score (nSPS) is 22.9. The lowest BCUT2D eigenvalue weighted by Gasteiger charge is -2.36. The maximum absolute atomic E-state index is 6.27. The van der Waals surface area contributed by atoms with Crippen molar-refractivity contribution in [2.24, 2.45) is 5.73 Å². The molecule has 2 rings (SSSR count). The minimum absolute atomic E-state index is 0.208. The third-order valence-electron chi connectivity index (χ3n) is 3.63. The first-order valence-corrected chi connectivity index (χ1v) is 6.91. The van der Waals surface area contributed by atoms with E-state index in [1.165, 1.54) is 5.56 Å². The van der Waals surface area contributed by atoms with Gasteiger partial charge in [0.25, 0.3) is 0 Å². The molecule has 3 nitrogen and oxygen atoms in total. The molecule has 1 heterocycles. The van der Waals surface area contributed by atoms with E-state index in [0.29, 0.717) is 6.04 Å². The zero-order valence-corrected chi connectivity index (χ0v) is 11.2. The summed E-state index contributed by atoms with van der Waals surface area (Å²) in [5, 5.41) is 0. The highest BCUT2D eigenvalue weighted by Gasteiger charge is 2.22. The second kappa shape index (κ2) is 6.88. The van der Waals surface area contributed by atoms with Crippen molar-refractivity contribution in [3.63, 3.8) is 0 Å². The zero-order chi connectivity index (χ0) is 12.8. The molecule has 1 aliphatic heterocycles. The second-order valence-electron chi connectivity index (χ2n) is 5.08. The van der Waals surface area contributed by atoms with Crippen molar-refractivity contribution in [3.8, 4) is 0 Å². The van der Waals surface area contributed by atoms with Gasteiger partial charge in [-0.15, -0.1) is 0 Å². The summed E-state index contributed by atoms with van der Waals surface area (Å²) in [6.45, 7) is 5.90. The molecular formula is C15H24N2O. The van der Waals surface area contributed by atoms with Crippen LogP contribution < -0.4 is 5.73 Å². The second-order valence-corrected chi connectivity index (χ2v) is 5.08. The lowest BCUT2D eigenvalue weighted by Crippen LogP contribution is -2.50. The summed E-state index contributed by atoms with van der Waals surface area (Å²) in [7, 11) is 0. The molecule has 2 unspecified atom stereocenters. The maximum atomic E-state index is 6.27. The summed E-state index contributed by atoms with van der Waals surface area (Å²) in [5.41, 5.74) is 7.60. The van der Waals surface area contributed by atoms with Gasteiger partial charge in [-0.3, -0.25) is 4.90 Å². The van der Waals surface area contributed by atoms with Crippen molar-refractivity contribution in [2.45, 2.75) is 31.8 Å². The largest absolute Gasteiger partial charge is 0.378 e. The zero-order valence-electron chi connectivity index (χ0n) is 11.2. The summed E-state index contributed by atoms with van der Waals surface area (Å²) in [6.07, 6.45) is 2.09. The Balaban J connectivity index is 1.84. The molecule has 0 radical (unpaired) electrons. The summed E-state index contributed by atoms with van der Waals surface area (Å²) in [4.78, 5) is 2.48. The fourth-order valence-corrected chi connectivity index (χ4v) is 2.59. The van der Waals surface area contributed by atoms with Gasteiger partial charge < -0.3 is 10.5 Å². The Morgan fingerprint density at radius 3 is 2.89 bits per heavy atom. The van der Waals surface area contributed by atoms with Crippen molar-refractivity contribution in [1.82, 2.24) is 4.90 Å². The van der Waals surface area contributed by atoms with Crippen LogP contribution in [0.1, 0.15) is 18.9 Å². The van der Waals surface area contributed by atoms with Crippen molar-refractivity contribution >= 4 is 0 Å². The number of nitrogens with zero attached hydrogens (tertiary/aromatic N) is 1. The van der Waals surface area contributed by atoms with E-state index in [4.69, 9.17) is 10.5 Å². The van der Waals surface area contributed by atoms with Gasteiger partial charge in [-0.2, -0.15) is 0 Å². The Morgan fingerprint density at radius 2 is 2.17 bits per heavy atom. The molecule has 0 aliphatic carbocycles. The fraction of sp³-hybridized carbons (Fsp3) is 0.600. The van der Waals surface area contributed by atoms with Crippen LogP contribution in [-0.4, -0.2) is 43.3 Å². The first-order chi connectivity index (χ1) is 8.79. The quantitative estimate of drug-likeness (QED) is 0.861. The topological polar surface area (TPSA) is 38.5 Å². The molecule has 1 aliphatic rings. The number of hydrogen-bond acceptors (Lipinski definition) is 3. The van der Waals surface area contributed by atoms with E-state index < -0.39 is 0 Å². The molecule has 1 fully saturated rings. The molecule has 100 valence electrons. The molecule has 3 heteroatoms. The van der Waals surface area contributed by atoms with Gasteiger partial charge in [-0.25, -0.2) is 0 Å². The van der Waals surface area contributed by atoms with Crippen LogP contribution in [0.3, 0.4) is 0 Å². The molecule has 0 saturated carbocycles. The van der Waals surface area contributed by atoms with E-state index in [1.807, 2.05) is 6.07 Å². The summed E-state index contributed by atoms with van der Waals surface area (Å²) < 4.78 is 5.52. The number of morpholine rings is 1. The molecule has 0 amide bonds.